The zero-order valence-corrected chi connectivity index (χ0v) is 15.0. The van der Waals surface area contributed by atoms with E-state index in [0.29, 0.717) is 6.42 Å². The van der Waals surface area contributed by atoms with E-state index in [4.69, 9.17) is 0 Å². The Hall–Kier alpha value is -1.74. The fraction of sp³-hybridized carbons (Fsp3) is 0.350. The van der Waals surface area contributed by atoms with Gasteiger partial charge in [-0.05, 0) is 37.5 Å². The van der Waals surface area contributed by atoms with Gasteiger partial charge in [-0.2, -0.15) is 11.8 Å². The number of hydrogen-bond acceptors (Lipinski definition) is 2. The predicted molar refractivity (Wildman–Crippen MR) is 99.7 cm³/mol. The molecular weight excluding hydrogens is 302 g/mol. The first kappa shape index (κ1) is 17.6. The minimum atomic E-state index is 0.0576. The van der Waals surface area contributed by atoms with Gasteiger partial charge in [-0.1, -0.05) is 54.1 Å². The molecule has 2 nitrogen and oxygen atoms in total. The molecule has 0 fully saturated rings. The SMILES string of the molecule is Cc1ccc([C@@H](C)NC(=O)CCSCc2ccccc2)c(C)c1. The highest BCUT2D eigenvalue weighted by Crippen LogP contribution is 2.19. The summed E-state index contributed by atoms with van der Waals surface area (Å²) in [5.74, 6) is 1.93. The van der Waals surface area contributed by atoms with Crippen molar-refractivity contribution in [2.75, 3.05) is 5.75 Å². The van der Waals surface area contributed by atoms with E-state index in [1.54, 1.807) is 11.8 Å². The number of rotatable bonds is 7. The van der Waals surface area contributed by atoms with Crippen LogP contribution < -0.4 is 5.32 Å². The van der Waals surface area contributed by atoms with E-state index in [1.807, 2.05) is 25.1 Å². The highest BCUT2D eigenvalue weighted by molar-refractivity contribution is 7.98. The summed E-state index contributed by atoms with van der Waals surface area (Å²) in [4.78, 5) is 12.1. The van der Waals surface area contributed by atoms with Crippen molar-refractivity contribution in [2.45, 2.75) is 39.0 Å². The van der Waals surface area contributed by atoms with Gasteiger partial charge < -0.3 is 5.32 Å². The van der Waals surface area contributed by atoms with Crippen LogP contribution in [0, 0.1) is 13.8 Å². The Bertz CT molecular complexity index is 639. The molecule has 0 saturated heterocycles. The van der Waals surface area contributed by atoms with Crippen molar-refractivity contribution in [1.82, 2.24) is 5.32 Å². The zero-order valence-electron chi connectivity index (χ0n) is 14.1. The summed E-state index contributed by atoms with van der Waals surface area (Å²) >= 11 is 1.80. The second-order valence-electron chi connectivity index (χ2n) is 5.94. The van der Waals surface area contributed by atoms with Gasteiger partial charge in [-0.25, -0.2) is 0 Å². The number of thioether (sulfide) groups is 1. The van der Waals surface area contributed by atoms with Gasteiger partial charge in [0.15, 0.2) is 0 Å². The van der Waals surface area contributed by atoms with Crippen LogP contribution >= 0.6 is 11.8 Å². The molecule has 2 rings (SSSR count). The second-order valence-corrected chi connectivity index (χ2v) is 7.04. The quantitative estimate of drug-likeness (QED) is 0.740. The molecule has 2 aromatic rings. The Morgan fingerprint density at radius 2 is 1.87 bits per heavy atom. The molecule has 2 aromatic carbocycles. The molecule has 0 aliphatic carbocycles. The lowest BCUT2D eigenvalue weighted by Crippen LogP contribution is -2.27. The van der Waals surface area contributed by atoms with Gasteiger partial charge in [0.25, 0.3) is 0 Å². The van der Waals surface area contributed by atoms with Crippen molar-refractivity contribution < 1.29 is 4.79 Å². The molecule has 1 amide bonds. The molecule has 122 valence electrons. The lowest BCUT2D eigenvalue weighted by Gasteiger charge is -2.17. The molecule has 1 atom stereocenters. The van der Waals surface area contributed by atoms with Gasteiger partial charge in [-0.15, -0.1) is 0 Å². The first-order chi connectivity index (χ1) is 11.1. The average Bonchev–Trinajstić information content (AvgIpc) is 2.52. The summed E-state index contributed by atoms with van der Waals surface area (Å²) in [5, 5.41) is 3.10. The Morgan fingerprint density at radius 1 is 1.13 bits per heavy atom. The molecule has 0 bridgehead atoms. The Morgan fingerprint density at radius 3 is 2.57 bits per heavy atom. The molecule has 0 radical (unpaired) electrons. The first-order valence-corrected chi connectivity index (χ1v) is 9.20. The number of amides is 1. The zero-order chi connectivity index (χ0) is 16.7. The van der Waals surface area contributed by atoms with Gasteiger partial charge in [0.2, 0.25) is 5.91 Å². The molecule has 0 unspecified atom stereocenters. The fourth-order valence-corrected chi connectivity index (χ4v) is 3.53. The number of carbonyl (C=O) groups excluding carboxylic acids is 1. The second kappa shape index (κ2) is 8.78. The van der Waals surface area contributed by atoms with E-state index in [9.17, 15) is 4.79 Å². The van der Waals surface area contributed by atoms with Crippen molar-refractivity contribution >= 4 is 17.7 Å². The lowest BCUT2D eigenvalue weighted by atomic mass is 10.0. The van der Waals surface area contributed by atoms with Crippen LogP contribution in [0.15, 0.2) is 48.5 Å². The van der Waals surface area contributed by atoms with E-state index in [-0.39, 0.29) is 11.9 Å². The summed E-state index contributed by atoms with van der Waals surface area (Å²) in [5.41, 5.74) is 4.99. The molecule has 0 aliphatic rings. The smallest absolute Gasteiger partial charge is 0.221 e. The molecule has 3 heteroatoms. The average molecular weight is 327 g/mol. The van der Waals surface area contributed by atoms with Crippen molar-refractivity contribution in [3.8, 4) is 0 Å². The van der Waals surface area contributed by atoms with Gasteiger partial charge in [0.05, 0.1) is 6.04 Å². The molecule has 0 aromatic heterocycles. The van der Waals surface area contributed by atoms with E-state index in [1.165, 1.54) is 22.3 Å². The van der Waals surface area contributed by atoms with E-state index < -0.39 is 0 Å². The number of benzene rings is 2. The topological polar surface area (TPSA) is 29.1 Å². The summed E-state index contributed by atoms with van der Waals surface area (Å²) in [6.07, 6.45) is 0.562. The normalized spacial score (nSPS) is 12.0. The summed E-state index contributed by atoms with van der Waals surface area (Å²) in [6.45, 7) is 6.23. The Kier molecular flexibility index (Phi) is 6.72. The van der Waals surface area contributed by atoms with Gasteiger partial charge in [0.1, 0.15) is 0 Å². The lowest BCUT2D eigenvalue weighted by molar-refractivity contribution is -0.121. The first-order valence-electron chi connectivity index (χ1n) is 8.04. The van der Waals surface area contributed by atoms with Crippen LogP contribution in [0.2, 0.25) is 0 Å². The van der Waals surface area contributed by atoms with Crippen LogP contribution in [-0.2, 0) is 10.5 Å². The molecule has 0 spiro atoms. The monoisotopic (exact) mass is 327 g/mol. The fourth-order valence-electron chi connectivity index (χ4n) is 2.63. The number of carbonyl (C=O) groups is 1. The van der Waals surface area contributed by atoms with Crippen LogP contribution in [-0.4, -0.2) is 11.7 Å². The van der Waals surface area contributed by atoms with Crippen molar-refractivity contribution in [3.63, 3.8) is 0 Å². The summed E-state index contributed by atoms with van der Waals surface area (Å²) < 4.78 is 0. The number of hydrogen-bond donors (Lipinski definition) is 1. The Balaban J connectivity index is 1.74. The molecule has 1 N–H and O–H groups in total. The van der Waals surface area contributed by atoms with Gasteiger partial charge in [0, 0.05) is 17.9 Å². The molecule has 0 saturated carbocycles. The highest BCUT2D eigenvalue weighted by Gasteiger charge is 2.11. The minimum Gasteiger partial charge on any atom is -0.350 e. The standard InChI is InChI=1S/C20H25NOS/c1-15-9-10-19(16(2)13-15)17(3)21-20(22)11-12-23-14-18-7-5-4-6-8-18/h4-10,13,17H,11-12,14H2,1-3H3,(H,21,22)/t17-/m1/s1. The Labute approximate surface area is 143 Å². The number of aryl methyl sites for hydroxylation is 2. The van der Waals surface area contributed by atoms with Crippen molar-refractivity contribution in [2.24, 2.45) is 0 Å². The highest BCUT2D eigenvalue weighted by atomic mass is 32.2. The van der Waals surface area contributed by atoms with Gasteiger partial charge in [-0.3, -0.25) is 4.79 Å². The van der Waals surface area contributed by atoms with E-state index >= 15 is 0 Å². The maximum absolute atomic E-state index is 12.1. The maximum atomic E-state index is 12.1. The van der Waals surface area contributed by atoms with Crippen LogP contribution in [0.1, 0.15) is 41.6 Å². The van der Waals surface area contributed by atoms with E-state index in [2.05, 4.69) is 49.5 Å². The van der Waals surface area contributed by atoms with Crippen molar-refractivity contribution in [3.05, 3.63) is 70.8 Å². The third kappa shape index (κ3) is 5.76. The third-order valence-corrected chi connectivity index (χ3v) is 4.88. The molecule has 23 heavy (non-hydrogen) atoms. The molecule has 0 heterocycles. The van der Waals surface area contributed by atoms with Crippen LogP contribution in [0.4, 0.5) is 0 Å². The number of nitrogens with one attached hydrogen (secondary N) is 1. The minimum absolute atomic E-state index is 0.0576. The predicted octanol–water partition coefficient (Wildman–Crippen LogP) is 4.80. The largest absolute Gasteiger partial charge is 0.350 e. The van der Waals surface area contributed by atoms with Crippen LogP contribution in [0.25, 0.3) is 0 Å². The third-order valence-electron chi connectivity index (χ3n) is 3.85. The van der Waals surface area contributed by atoms with Crippen LogP contribution in [0.3, 0.4) is 0 Å². The van der Waals surface area contributed by atoms with Crippen LogP contribution in [0.5, 0.6) is 0 Å². The maximum Gasteiger partial charge on any atom is 0.221 e. The van der Waals surface area contributed by atoms with Gasteiger partial charge >= 0.3 is 0 Å². The van der Waals surface area contributed by atoms with Crippen molar-refractivity contribution in [1.29, 1.82) is 0 Å². The van der Waals surface area contributed by atoms with E-state index in [0.717, 1.165) is 11.5 Å². The summed E-state index contributed by atoms with van der Waals surface area (Å²) in [6, 6.07) is 16.8. The summed E-state index contributed by atoms with van der Waals surface area (Å²) in [7, 11) is 0. The molecular formula is C20H25NOS. The molecule has 0 aliphatic heterocycles.